The molecule has 4 aliphatic rings. The lowest BCUT2D eigenvalue weighted by molar-refractivity contribution is 0.0535. The lowest BCUT2D eigenvalue weighted by atomic mass is 9.99. The molecule has 3 N–H and O–H groups in total. The molecule has 0 radical (unpaired) electrons. The first-order valence-electron chi connectivity index (χ1n) is 10.9. The lowest BCUT2D eigenvalue weighted by Gasteiger charge is -2.28. The van der Waals surface area contributed by atoms with Crippen LogP contribution in [0.15, 0.2) is 10.5 Å². The molecule has 29 heavy (non-hydrogen) atoms. The molecule has 0 aromatic heterocycles. The topological polar surface area (TPSA) is 76.8 Å². The van der Waals surface area contributed by atoms with E-state index in [4.69, 9.17) is 15.2 Å². The van der Waals surface area contributed by atoms with Gasteiger partial charge < -0.3 is 25.4 Å². The second-order valence-electron chi connectivity index (χ2n) is 9.06. The smallest absolute Gasteiger partial charge is 0.255 e. The standard InChI is InChI=1S/C22H30BrN3O3/c23-19-8-15(21-14(20(19)24)2-1-5-29-21)22(27)25-9-16-17-11-26(12-18(16)17)10-13-3-6-28-7-4-13/h8,13,16-18H,1-7,9-12,24H2,(H,25,27). The van der Waals surface area contributed by atoms with E-state index in [0.29, 0.717) is 29.5 Å². The summed E-state index contributed by atoms with van der Waals surface area (Å²) in [5.74, 6) is 3.55. The third-order valence-electron chi connectivity index (χ3n) is 7.24. The highest BCUT2D eigenvalue weighted by molar-refractivity contribution is 9.10. The highest BCUT2D eigenvalue weighted by atomic mass is 79.9. The molecule has 1 saturated carbocycles. The molecule has 0 bridgehead atoms. The molecule has 2 atom stereocenters. The zero-order valence-corrected chi connectivity index (χ0v) is 18.4. The van der Waals surface area contributed by atoms with Gasteiger partial charge in [-0.2, -0.15) is 0 Å². The molecule has 1 amide bonds. The molecule has 5 rings (SSSR count). The van der Waals surface area contributed by atoms with Gasteiger partial charge in [-0.25, -0.2) is 0 Å². The van der Waals surface area contributed by atoms with E-state index >= 15 is 0 Å². The van der Waals surface area contributed by atoms with E-state index in [9.17, 15) is 4.79 Å². The molecule has 1 aromatic rings. The van der Waals surface area contributed by atoms with E-state index in [1.54, 1.807) is 6.07 Å². The Morgan fingerprint density at radius 1 is 1.24 bits per heavy atom. The molecule has 6 nitrogen and oxygen atoms in total. The molecular formula is C22H30BrN3O3. The Labute approximate surface area is 180 Å². The van der Waals surface area contributed by atoms with Crippen molar-refractivity contribution in [2.75, 3.05) is 51.7 Å². The average molecular weight is 464 g/mol. The van der Waals surface area contributed by atoms with Crippen LogP contribution < -0.4 is 15.8 Å². The van der Waals surface area contributed by atoms with Crippen LogP contribution in [0.1, 0.15) is 35.2 Å². The number of nitrogens with two attached hydrogens (primary N) is 1. The number of carbonyl (C=O) groups is 1. The number of benzene rings is 1. The number of nitrogens with one attached hydrogen (secondary N) is 1. The second kappa shape index (κ2) is 8.08. The van der Waals surface area contributed by atoms with Crippen molar-refractivity contribution in [3.8, 4) is 5.75 Å². The van der Waals surface area contributed by atoms with Gasteiger partial charge in [0.15, 0.2) is 0 Å². The predicted molar refractivity (Wildman–Crippen MR) is 115 cm³/mol. The molecule has 7 heteroatoms. The normalized spacial score (nSPS) is 29.1. The number of likely N-dealkylation sites (tertiary alicyclic amines) is 1. The highest BCUT2D eigenvalue weighted by Gasteiger charge is 2.55. The highest BCUT2D eigenvalue weighted by Crippen LogP contribution is 2.51. The number of fused-ring (bicyclic) bond motifs is 2. The minimum absolute atomic E-state index is 0.0483. The quantitative estimate of drug-likeness (QED) is 0.656. The number of nitrogen functional groups attached to an aromatic ring is 1. The Morgan fingerprint density at radius 2 is 2.00 bits per heavy atom. The van der Waals surface area contributed by atoms with E-state index in [-0.39, 0.29) is 5.91 Å². The molecule has 1 aliphatic carbocycles. The Kier molecular flexibility index (Phi) is 5.47. The van der Waals surface area contributed by atoms with Gasteiger partial charge in [0.25, 0.3) is 5.91 Å². The molecule has 0 spiro atoms. The van der Waals surface area contributed by atoms with Gasteiger partial charge in [-0.05, 0) is 71.4 Å². The fraction of sp³-hybridized carbons (Fsp3) is 0.682. The monoisotopic (exact) mass is 463 g/mol. The van der Waals surface area contributed by atoms with E-state index in [0.717, 1.165) is 60.4 Å². The summed E-state index contributed by atoms with van der Waals surface area (Å²) in [7, 11) is 0. The maximum Gasteiger partial charge on any atom is 0.255 e. The van der Waals surface area contributed by atoms with Crippen molar-refractivity contribution in [2.24, 2.45) is 23.7 Å². The van der Waals surface area contributed by atoms with Gasteiger partial charge in [0.2, 0.25) is 0 Å². The largest absolute Gasteiger partial charge is 0.492 e. The fourth-order valence-electron chi connectivity index (χ4n) is 5.49. The van der Waals surface area contributed by atoms with Crippen LogP contribution in [0.3, 0.4) is 0 Å². The summed E-state index contributed by atoms with van der Waals surface area (Å²) in [6.07, 6.45) is 4.20. The lowest BCUT2D eigenvalue weighted by Crippen LogP contribution is -2.35. The van der Waals surface area contributed by atoms with Crippen molar-refractivity contribution >= 4 is 27.5 Å². The molecule has 3 heterocycles. The molecule has 158 valence electrons. The summed E-state index contributed by atoms with van der Waals surface area (Å²) in [6, 6.07) is 1.80. The number of amides is 1. The van der Waals surface area contributed by atoms with E-state index in [1.807, 2.05) is 0 Å². The second-order valence-corrected chi connectivity index (χ2v) is 9.91. The van der Waals surface area contributed by atoms with Gasteiger partial charge in [0.1, 0.15) is 5.75 Å². The first kappa shape index (κ1) is 19.6. The summed E-state index contributed by atoms with van der Waals surface area (Å²) in [5.41, 5.74) is 8.43. The van der Waals surface area contributed by atoms with Crippen LogP contribution in [0.2, 0.25) is 0 Å². The number of nitrogens with zero attached hydrogens (tertiary/aromatic N) is 1. The van der Waals surface area contributed by atoms with Gasteiger partial charge in [0, 0.05) is 49.4 Å². The van der Waals surface area contributed by atoms with Gasteiger partial charge in [-0.15, -0.1) is 0 Å². The predicted octanol–water partition coefficient (Wildman–Crippen LogP) is 2.69. The number of carbonyl (C=O) groups excluding carboxylic acids is 1. The van der Waals surface area contributed by atoms with Crippen molar-refractivity contribution in [3.63, 3.8) is 0 Å². The summed E-state index contributed by atoms with van der Waals surface area (Å²) in [4.78, 5) is 15.5. The molecular weight excluding hydrogens is 434 g/mol. The fourth-order valence-corrected chi connectivity index (χ4v) is 5.96. The number of halogens is 1. The number of piperidine rings is 1. The number of rotatable bonds is 5. The SMILES string of the molecule is Nc1c(Br)cc(C(=O)NCC2C3CN(CC4CCOCC4)CC23)c2c1CCCO2. The van der Waals surface area contributed by atoms with Crippen LogP contribution in [0.25, 0.3) is 0 Å². The Morgan fingerprint density at radius 3 is 2.76 bits per heavy atom. The van der Waals surface area contributed by atoms with Gasteiger partial charge in [-0.1, -0.05) is 0 Å². The van der Waals surface area contributed by atoms with Crippen molar-refractivity contribution in [1.82, 2.24) is 10.2 Å². The first-order valence-corrected chi connectivity index (χ1v) is 11.7. The van der Waals surface area contributed by atoms with Crippen LogP contribution in [-0.4, -0.2) is 56.8 Å². The van der Waals surface area contributed by atoms with Crippen LogP contribution in [-0.2, 0) is 11.2 Å². The first-order chi connectivity index (χ1) is 14.1. The van der Waals surface area contributed by atoms with Crippen molar-refractivity contribution in [1.29, 1.82) is 0 Å². The van der Waals surface area contributed by atoms with Crippen LogP contribution in [0.4, 0.5) is 5.69 Å². The number of anilines is 1. The summed E-state index contributed by atoms with van der Waals surface area (Å²) in [6.45, 7) is 6.85. The molecule has 1 aromatic carbocycles. The van der Waals surface area contributed by atoms with Crippen molar-refractivity contribution in [3.05, 3.63) is 21.7 Å². The zero-order chi connectivity index (χ0) is 20.0. The molecule has 2 saturated heterocycles. The molecule has 2 unspecified atom stereocenters. The molecule has 3 fully saturated rings. The van der Waals surface area contributed by atoms with Gasteiger partial charge >= 0.3 is 0 Å². The number of hydrogen-bond acceptors (Lipinski definition) is 5. The Bertz CT molecular complexity index is 784. The van der Waals surface area contributed by atoms with Crippen LogP contribution >= 0.6 is 15.9 Å². The minimum atomic E-state index is -0.0483. The third kappa shape index (κ3) is 3.89. The van der Waals surface area contributed by atoms with E-state index < -0.39 is 0 Å². The van der Waals surface area contributed by atoms with E-state index in [1.165, 1.54) is 32.5 Å². The van der Waals surface area contributed by atoms with E-state index in [2.05, 4.69) is 26.1 Å². The molecule has 3 aliphatic heterocycles. The van der Waals surface area contributed by atoms with Crippen molar-refractivity contribution < 1.29 is 14.3 Å². The number of hydrogen-bond donors (Lipinski definition) is 2. The maximum atomic E-state index is 12.9. The van der Waals surface area contributed by atoms with Crippen molar-refractivity contribution in [2.45, 2.75) is 25.7 Å². The summed E-state index contributed by atoms with van der Waals surface area (Å²) >= 11 is 3.50. The Hall–Kier alpha value is -1.31. The average Bonchev–Trinajstić information content (AvgIpc) is 3.20. The zero-order valence-electron chi connectivity index (χ0n) is 16.8. The van der Waals surface area contributed by atoms with Gasteiger partial charge in [0.05, 0.1) is 17.9 Å². The Balaban J connectivity index is 1.14. The van der Waals surface area contributed by atoms with Crippen LogP contribution in [0.5, 0.6) is 5.75 Å². The van der Waals surface area contributed by atoms with Crippen LogP contribution in [0, 0.1) is 23.7 Å². The summed E-state index contributed by atoms with van der Waals surface area (Å²) in [5, 5.41) is 3.17. The minimum Gasteiger partial charge on any atom is -0.492 e. The third-order valence-corrected chi connectivity index (χ3v) is 7.89. The maximum absolute atomic E-state index is 12.9. The van der Waals surface area contributed by atoms with Gasteiger partial charge in [-0.3, -0.25) is 4.79 Å². The summed E-state index contributed by atoms with van der Waals surface area (Å²) < 4.78 is 12.1. The number of ether oxygens (including phenoxy) is 2.